The van der Waals surface area contributed by atoms with E-state index in [1.165, 1.54) is 0 Å². The first kappa shape index (κ1) is 15.0. The fourth-order valence-electron chi connectivity index (χ4n) is 2.30. The number of benzene rings is 1. The van der Waals surface area contributed by atoms with E-state index >= 15 is 0 Å². The molecule has 1 fully saturated rings. The zero-order valence-electron chi connectivity index (χ0n) is 10.9. The number of nitrogens with zero attached hydrogens (tertiary/aromatic N) is 1. The summed E-state index contributed by atoms with van der Waals surface area (Å²) in [5.74, 6) is 0.0433. The molecule has 1 unspecified atom stereocenters. The molecule has 4 heteroatoms. The van der Waals surface area contributed by atoms with Crippen LogP contribution in [0.2, 0.25) is 0 Å². The van der Waals surface area contributed by atoms with Crippen molar-refractivity contribution in [3.05, 3.63) is 35.9 Å². The normalized spacial score (nSPS) is 19.2. The van der Waals surface area contributed by atoms with Gasteiger partial charge in [-0.2, -0.15) is 0 Å². The number of halogens is 1. The lowest BCUT2D eigenvalue weighted by molar-refractivity contribution is -0.132. The lowest BCUT2D eigenvalue weighted by Crippen LogP contribution is -2.37. The van der Waals surface area contributed by atoms with E-state index in [1.807, 2.05) is 35.2 Å². The zero-order valence-corrected chi connectivity index (χ0v) is 11.7. The van der Waals surface area contributed by atoms with Crippen LogP contribution in [0.3, 0.4) is 0 Å². The first-order valence-electron chi connectivity index (χ1n) is 6.09. The Kier molecular flexibility index (Phi) is 4.77. The van der Waals surface area contributed by atoms with Gasteiger partial charge in [-0.3, -0.25) is 4.79 Å². The summed E-state index contributed by atoms with van der Waals surface area (Å²) in [6.45, 7) is 6.02. The highest BCUT2D eigenvalue weighted by atomic mass is 35.5. The Bertz CT molecular complexity index is 406. The average Bonchev–Trinajstić information content (AvgIpc) is 2.69. The van der Waals surface area contributed by atoms with Gasteiger partial charge in [0.15, 0.2) is 0 Å². The van der Waals surface area contributed by atoms with Crippen molar-refractivity contribution in [3.63, 3.8) is 0 Å². The van der Waals surface area contributed by atoms with Gasteiger partial charge in [-0.15, -0.1) is 12.4 Å². The van der Waals surface area contributed by atoms with E-state index in [-0.39, 0.29) is 23.7 Å². The number of amides is 1. The van der Waals surface area contributed by atoms with Crippen LogP contribution in [0.5, 0.6) is 0 Å². The van der Waals surface area contributed by atoms with Gasteiger partial charge in [0, 0.05) is 13.1 Å². The lowest BCUT2D eigenvalue weighted by atomic mass is 9.93. The van der Waals surface area contributed by atoms with E-state index in [0.717, 1.165) is 25.1 Å². The first-order chi connectivity index (χ1) is 7.99. The summed E-state index contributed by atoms with van der Waals surface area (Å²) in [6.07, 6.45) is 1.06. The number of likely N-dealkylation sites (tertiary alicyclic amines) is 1. The van der Waals surface area contributed by atoms with Crippen molar-refractivity contribution in [1.82, 2.24) is 4.90 Å². The van der Waals surface area contributed by atoms with Crippen molar-refractivity contribution in [2.75, 3.05) is 13.1 Å². The zero-order chi connectivity index (χ0) is 12.5. The Balaban J connectivity index is 0.00000162. The topological polar surface area (TPSA) is 46.3 Å². The summed E-state index contributed by atoms with van der Waals surface area (Å²) in [4.78, 5) is 14.1. The summed E-state index contributed by atoms with van der Waals surface area (Å²) in [5, 5.41) is 0. The van der Waals surface area contributed by atoms with Gasteiger partial charge in [-0.05, 0) is 17.4 Å². The van der Waals surface area contributed by atoms with Crippen LogP contribution >= 0.6 is 12.4 Å². The predicted octanol–water partition coefficient (Wildman–Crippen LogP) is 2.37. The molecular weight excluding hydrogens is 248 g/mol. The second kappa shape index (κ2) is 5.72. The molecule has 2 rings (SSSR count). The minimum Gasteiger partial charge on any atom is -0.340 e. The molecule has 1 aliphatic heterocycles. The molecule has 1 saturated heterocycles. The van der Waals surface area contributed by atoms with E-state index < -0.39 is 6.04 Å². The maximum Gasteiger partial charge on any atom is 0.244 e. The summed E-state index contributed by atoms with van der Waals surface area (Å²) < 4.78 is 0. The van der Waals surface area contributed by atoms with Crippen molar-refractivity contribution in [1.29, 1.82) is 0 Å². The van der Waals surface area contributed by atoms with E-state index in [2.05, 4.69) is 13.8 Å². The van der Waals surface area contributed by atoms with Gasteiger partial charge in [0.05, 0.1) is 0 Å². The Morgan fingerprint density at radius 1 is 1.33 bits per heavy atom. The largest absolute Gasteiger partial charge is 0.340 e. The van der Waals surface area contributed by atoms with Crippen LogP contribution in [0.15, 0.2) is 30.3 Å². The van der Waals surface area contributed by atoms with E-state index in [4.69, 9.17) is 5.73 Å². The van der Waals surface area contributed by atoms with Crippen molar-refractivity contribution in [2.45, 2.75) is 26.3 Å². The van der Waals surface area contributed by atoms with Crippen LogP contribution < -0.4 is 5.73 Å². The van der Waals surface area contributed by atoms with Gasteiger partial charge in [0.25, 0.3) is 0 Å². The molecule has 1 amide bonds. The van der Waals surface area contributed by atoms with Crippen LogP contribution in [-0.4, -0.2) is 23.9 Å². The molecule has 1 atom stereocenters. The van der Waals surface area contributed by atoms with Crippen molar-refractivity contribution < 1.29 is 4.79 Å². The maximum atomic E-state index is 12.2. The van der Waals surface area contributed by atoms with Gasteiger partial charge in [-0.1, -0.05) is 44.2 Å². The Labute approximate surface area is 115 Å². The van der Waals surface area contributed by atoms with Crippen molar-refractivity contribution >= 4 is 18.3 Å². The maximum absolute atomic E-state index is 12.2. The molecule has 1 aromatic carbocycles. The molecule has 0 aromatic heterocycles. The third-order valence-electron chi connectivity index (χ3n) is 3.41. The molecule has 3 nitrogen and oxygen atoms in total. The fourth-order valence-corrected chi connectivity index (χ4v) is 2.30. The monoisotopic (exact) mass is 268 g/mol. The van der Waals surface area contributed by atoms with Crippen LogP contribution in [0, 0.1) is 5.41 Å². The number of carbonyl (C=O) groups excluding carboxylic acids is 1. The quantitative estimate of drug-likeness (QED) is 0.895. The Hall–Kier alpha value is -1.06. The third-order valence-corrected chi connectivity index (χ3v) is 3.41. The van der Waals surface area contributed by atoms with Gasteiger partial charge < -0.3 is 10.6 Å². The second-order valence-corrected chi connectivity index (χ2v) is 5.56. The highest BCUT2D eigenvalue weighted by Gasteiger charge is 2.34. The van der Waals surface area contributed by atoms with E-state index in [9.17, 15) is 4.79 Å². The number of hydrogen-bond acceptors (Lipinski definition) is 2. The van der Waals surface area contributed by atoms with Gasteiger partial charge >= 0.3 is 0 Å². The van der Waals surface area contributed by atoms with Gasteiger partial charge in [0.2, 0.25) is 5.91 Å². The van der Waals surface area contributed by atoms with Crippen LogP contribution in [-0.2, 0) is 4.79 Å². The van der Waals surface area contributed by atoms with Gasteiger partial charge in [-0.25, -0.2) is 0 Å². The minimum atomic E-state index is -0.523. The third kappa shape index (κ3) is 3.24. The van der Waals surface area contributed by atoms with Crippen LogP contribution in [0.25, 0.3) is 0 Å². The average molecular weight is 269 g/mol. The SMILES string of the molecule is CC1(C)CCN(C(=O)C(N)c2ccccc2)C1.Cl. The van der Waals surface area contributed by atoms with Crippen LogP contribution in [0.1, 0.15) is 31.9 Å². The molecule has 1 aliphatic rings. The molecule has 0 saturated carbocycles. The summed E-state index contributed by atoms with van der Waals surface area (Å²) in [6, 6.07) is 9.05. The molecule has 1 heterocycles. The van der Waals surface area contributed by atoms with Crippen molar-refractivity contribution in [2.24, 2.45) is 11.1 Å². The highest BCUT2D eigenvalue weighted by molar-refractivity contribution is 5.85. The van der Waals surface area contributed by atoms with Crippen LogP contribution in [0.4, 0.5) is 0 Å². The predicted molar refractivity (Wildman–Crippen MR) is 75.6 cm³/mol. The number of nitrogens with two attached hydrogens (primary N) is 1. The first-order valence-corrected chi connectivity index (χ1v) is 6.09. The smallest absolute Gasteiger partial charge is 0.244 e. The molecule has 0 radical (unpaired) electrons. The number of hydrogen-bond donors (Lipinski definition) is 1. The summed E-state index contributed by atoms with van der Waals surface area (Å²) in [5.41, 5.74) is 7.13. The van der Waals surface area contributed by atoms with E-state index in [0.29, 0.717) is 0 Å². The molecule has 0 spiro atoms. The lowest BCUT2D eigenvalue weighted by Gasteiger charge is -2.23. The molecule has 0 bridgehead atoms. The summed E-state index contributed by atoms with van der Waals surface area (Å²) in [7, 11) is 0. The molecule has 2 N–H and O–H groups in total. The second-order valence-electron chi connectivity index (χ2n) is 5.56. The Morgan fingerprint density at radius 2 is 1.94 bits per heavy atom. The fraction of sp³-hybridized carbons (Fsp3) is 0.500. The Morgan fingerprint density at radius 3 is 2.44 bits per heavy atom. The molecular formula is C14H21ClN2O. The molecule has 1 aromatic rings. The summed E-state index contributed by atoms with van der Waals surface area (Å²) >= 11 is 0. The molecule has 100 valence electrons. The van der Waals surface area contributed by atoms with Gasteiger partial charge in [0.1, 0.15) is 6.04 Å². The molecule has 0 aliphatic carbocycles. The van der Waals surface area contributed by atoms with Crippen molar-refractivity contribution in [3.8, 4) is 0 Å². The van der Waals surface area contributed by atoms with E-state index in [1.54, 1.807) is 0 Å². The highest BCUT2D eigenvalue weighted by Crippen LogP contribution is 2.30. The molecule has 18 heavy (non-hydrogen) atoms. The minimum absolute atomic E-state index is 0. The number of rotatable bonds is 2. The standard InChI is InChI=1S/C14H20N2O.ClH/c1-14(2)8-9-16(10-14)13(17)12(15)11-6-4-3-5-7-11;/h3-7,12H,8-10,15H2,1-2H3;1H. The number of carbonyl (C=O) groups is 1.